The van der Waals surface area contributed by atoms with Crippen LogP contribution in [0.2, 0.25) is 0 Å². The van der Waals surface area contributed by atoms with Crippen molar-refractivity contribution in [3.63, 3.8) is 0 Å². The lowest BCUT2D eigenvalue weighted by Crippen LogP contribution is -2.10. The molecular weight excluding hydrogens is 210 g/mol. The summed E-state index contributed by atoms with van der Waals surface area (Å²) in [6.07, 6.45) is 1.95. The second kappa shape index (κ2) is 4.72. The minimum absolute atomic E-state index is 0.793. The van der Waals surface area contributed by atoms with E-state index < -0.39 is 0 Å². The van der Waals surface area contributed by atoms with Gasteiger partial charge in [0, 0.05) is 12.6 Å². The molecular formula is C14H19N3. The van der Waals surface area contributed by atoms with Gasteiger partial charge in [0.15, 0.2) is 0 Å². The molecule has 0 unspecified atom stereocenters. The highest BCUT2D eigenvalue weighted by atomic mass is 15.1. The molecule has 0 amide bonds. The third kappa shape index (κ3) is 2.24. The van der Waals surface area contributed by atoms with E-state index in [1.807, 2.05) is 13.2 Å². The molecule has 0 fully saturated rings. The molecule has 2 aromatic rings. The van der Waals surface area contributed by atoms with Gasteiger partial charge in [-0.3, -0.25) is 0 Å². The Hall–Kier alpha value is -1.61. The zero-order chi connectivity index (χ0) is 12.4. The minimum Gasteiger partial charge on any atom is -0.330 e. The molecule has 0 aliphatic heterocycles. The lowest BCUT2D eigenvalue weighted by atomic mass is 10.0. The summed E-state index contributed by atoms with van der Waals surface area (Å²) in [4.78, 5) is 4.45. The van der Waals surface area contributed by atoms with Crippen molar-refractivity contribution >= 4 is 0 Å². The molecule has 3 heteroatoms. The van der Waals surface area contributed by atoms with Crippen molar-refractivity contribution in [1.82, 2.24) is 14.9 Å². The fourth-order valence-electron chi connectivity index (χ4n) is 2.03. The van der Waals surface area contributed by atoms with Crippen LogP contribution in [0.15, 0.2) is 24.4 Å². The number of aromatic nitrogens is 2. The first-order valence-electron chi connectivity index (χ1n) is 5.86. The molecule has 1 aromatic heterocycles. The minimum atomic E-state index is 0.793. The van der Waals surface area contributed by atoms with Gasteiger partial charge in [-0.15, -0.1) is 0 Å². The van der Waals surface area contributed by atoms with Crippen LogP contribution in [0.5, 0.6) is 0 Å². The molecule has 0 aliphatic carbocycles. The average Bonchev–Trinajstić information content (AvgIpc) is 2.65. The Morgan fingerprint density at radius 3 is 2.76 bits per heavy atom. The quantitative estimate of drug-likeness (QED) is 0.876. The number of benzene rings is 1. The molecule has 0 radical (unpaired) electrons. The van der Waals surface area contributed by atoms with Gasteiger partial charge in [-0.1, -0.05) is 17.7 Å². The molecule has 0 aliphatic rings. The molecule has 2 rings (SSSR count). The first-order valence-corrected chi connectivity index (χ1v) is 5.86. The molecule has 3 nitrogen and oxygen atoms in total. The van der Waals surface area contributed by atoms with Crippen molar-refractivity contribution in [2.24, 2.45) is 7.05 Å². The molecule has 0 saturated carbocycles. The van der Waals surface area contributed by atoms with Crippen molar-refractivity contribution < 1.29 is 0 Å². The van der Waals surface area contributed by atoms with Gasteiger partial charge >= 0.3 is 0 Å². The van der Waals surface area contributed by atoms with Crippen LogP contribution in [0.3, 0.4) is 0 Å². The van der Waals surface area contributed by atoms with Crippen LogP contribution in [0.1, 0.15) is 17.0 Å². The third-order valence-electron chi connectivity index (χ3n) is 3.09. The maximum Gasteiger partial charge on any atom is 0.122 e. The van der Waals surface area contributed by atoms with Gasteiger partial charge in [-0.25, -0.2) is 4.98 Å². The monoisotopic (exact) mass is 229 g/mol. The second-order valence-electron chi connectivity index (χ2n) is 4.47. The van der Waals surface area contributed by atoms with E-state index in [1.54, 1.807) is 0 Å². The number of nitrogens with one attached hydrogen (secondary N) is 1. The van der Waals surface area contributed by atoms with E-state index in [0.717, 1.165) is 12.4 Å². The molecule has 17 heavy (non-hydrogen) atoms. The van der Waals surface area contributed by atoms with Crippen LogP contribution < -0.4 is 5.32 Å². The molecule has 1 heterocycles. The first kappa shape index (κ1) is 11.9. The predicted molar refractivity (Wildman–Crippen MR) is 70.9 cm³/mol. The van der Waals surface area contributed by atoms with E-state index >= 15 is 0 Å². The number of rotatable bonds is 3. The normalized spacial score (nSPS) is 10.8. The summed E-state index contributed by atoms with van der Waals surface area (Å²) in [5.41, 5.74) is 5.01. The van der Waals surface area contributed by atoms with Gasteiger partial charge in [0.2, 0.25) is 0 Å². The highest BCUT2D eigenvalue weighted by molar-refractivity contribution is 5.64. The molecule has 0 saturated heterocycles. The largest absolute Gasteiger partial charge is 0.330 e. The van der Waals surface area contributed by atoms with Crippen molar-refractivity contribution in [2.45, 2.75) is 20.4 Å². The number of aryl methyl sites for hydroxylation is 2. The van der Waals surface area contributed by atoms with Gasteiger partial charge in [-0.2, -0.15) is 0 Å². The lowest BCUT2D eigenvalue weighted by Gasteiger charge is -2.09. The Labute approximate surface area is 103 Å². The highest BCUT2D eigenvalue weighted by Gasteiger charge is 2.09. The van der Waals surface area contributed by atoms with Crippen LogP contribution in [-0.2, 0) is 13.6 Å². The fraction of sp³-hybridized carbons (Fsp3) is 0.357. The summed E-state index contributed by atoms with van der Waals surface area (Å²) in [5, 5.41) is 3.13. The zero-order valence-corrected chi connectivity index (χ0v) is 10.9. The number of hydrogen-bond acceptors (Lipinski definition) is 2. The summed E-state index contributed by atoms with van der Waals surface area (Å²) < 4.78 is 2.15. The molecule has 90 valence electrons. The Balaban J connectivity index is 2.49. The smallest absolute Gasteiger partial charge is 0.122 e. The number of imidazole rings is 1. The highest BCUT2D eigenvalue weighted by Crippen LogP contribution is 2.24. The maximum atomic E-state index is 4.45. The van der Waals surface area contributed by atoms with Crippen molar-refractivity contribution in [3.05, 3.63) is 41.3 Å². The number of nitrogens with zero attached hydrogens (tertiary/aromatic N) is 2. The molecule has 1 N–H and O–H groups in total. The molecule has 1 aromatic carbocycles. The van der Waals surface area contributed by atoms with Gasteiger partial charge in [-0.05, 0) is 32.5 Å². The van der Waals surface area contributed by atoms with E-state index in [4.69, 9.17) is 0 Å². The van der Waals surface area contributed by atoms with Gasteiger partial charge in [0.05, 0.1) is 18.4 Å². The summed E-state index contributed by atoms with van der Waals surface area (Å²) in [6, 6.07) is 6.52. The van der Waals surface area contributed by atoms with Crippen molar-refractivity contribution in [2.75, 3.05) is 7.05 Å². The molecule has 0 bridgehead atoms. The fourth-order valence-corrected chi connectivity index (χ4v) is 2.03. The SMILES string of the molecule is CNCc1ncc(-c2cc(C)ccc2C)n1C. The maximum absolute atomic E-state index is 4.45. The van der Waals surface area contributed by atoms with Crippen LogP contribution >= 0.6 is 0 Å². The van der Waals surface area contributed by atoms with E-state index in [9.17, 15) is 0 Å². The summed E-state index contributed by atoms with van der Waals surface area (Å²) in [7, 11) is 4.00. The molecule has 0 atom stereocenters. The Morgan fingerprint density at radius 2 is 2.06 bits per heavy atom. The zero-order valence-electron chi connectivity index (χ0n) is 10.9. The summed E-state index contributed by atoms with van der Waals surface area (Å²) in [5.74, 6) is 1.06. The van der Waals surface area contributed by atoms with Crippen LogP contribution in [0.25, 0.3) is 11.3 Å². The Morgan fingerprint density at radius 1 is 1.29 bits per heavy atom. The van der Waals surface area contributed by atoms with Crippen LogP contribution in [0.4, 0.5) is 0 Å². The van der Waals surface area contributed by atoms with Crippen LogP contribution in [0, 0.1) is 13.8 Å². The van der Waals surface area contributed by atoms with E-state index in [1.165, 1.54) is 22.4 Å². The topological polar surface area (TPSA) is 29.9 Å². The van der Waals surface area contributed by atoms with E-state index in [-0.39, 0.29) is 0 Å². The van der Waals surface area contributed by atoms with E-state index in [2.05, 4.69) is 54.0 Å². The van der Waals surface area contributed by atoms with Gasteiger partial charge < -0.3 is 9.88 Å². The van der Waals surface area contributed by atoms with Crippen molar-refractivity contribution in [3.8, 4) is 11.3 Å². The summed E-state index contributed by atoms with van der Waals surface area (Å²) in [6.45, 7) is 5.05. The first-order chi connectivity index (χ1) is 8.13. The standard InChI is InChI=1S/C14H19N3/c1-10-5-6-11(2)12(7-10)13-8-16-14(9-15-3)17(13)4/h5-8,15H,9H2,1-4H3. The number of hydrogen-bond donors (Lipinski definition) is 1. The average molecular weight is 229 g/mol. The predicted octanol–water partition coefficient (Wildman–Crippen LogP) is 2.42. The van der Waals surface area contributed by atoms with Gasteiger partial charge in [0.1, 0.15) is 5.82 Å². The second-order valence-corrected chi connectivity index (χ2v) is 4.47. The van der Waals surface area contributed by atoms with Crippen LogP contribution in [-0.4, -0.2) is 16.6 Å². The van der Waals surface area contributed by atoms with Crippen molar-refractivity contribution in [1.29, 1.82) is 0 Å². The Bertz CT molecular complexity index is 526. The lowest BCUT2D eigenvalue weighted by molar-refractivity contribution is 0.712. The molecule has 0 spiro atoms. The Kier molecular flexibility index (Phi) is 3.29. The third-order valence-corrected chi connectivity index (χ3v) is 3.09. The van der Waals surface area contributed by atoms with E-state index in [0.29, 0.717) is 0 Å². The van der Waals surface area contributed by atoms with Gasteiger partial charge in [0.25, 0.3) is 0 Å². The summed E-state index contributed by atoms with van der Waals surface area (Å²) >= 11 is 0.